The van der Waals surface area contributed by atoms with Gasteiger partial charge in [-0.25, -0.2) is 4.98 Å². The molecular formula is C17H13N5OS. The van der Waals surface area contributed by atoms with E-state index in [-0.39, 0.29) is 5.91 Å². The lowest BCUT2D eigenvalue weighted by atomic mass is 10.1. The van der Waals surface area contributed by atoms with E-state index < -0.39 is 0 Å². The highest BCUT2D eigenvalue weighted by atomic mass is 32.1. The molecule has 2 heterocycles. The van der Waals surface area contributed by atoms with E-state index in [9.17, 15) is 4.79 Å². The number of anilines is 1. The van der Waals surface area contributed by atoms with Crippen LogP contribution in [0.15, 0.2) is 47.8 Å². The number of amides is 1. The predicted octanol–water partition coefficient (Wildman–Crippen LogP) is 3.64. The number of carbonyl (C=O) groups excluding carboxylic acids is 1. The van der Waals surface area contributed by atoms with Gasteiger partial charge >= 0.3 is 0 Å². The average molecular weight is 335 g/mol. The average Bonchev–Trinajstić information content (AvgIpc) is 3.24. The molecule has 0 saturated heterocycles. The number of carbonyl (C=O) groups is 1. The topological polar surface area (TPSA) is 83.6 Å². The van der Waals surface area contributed by atoms with Crippen molar-refractivity contribution in [3.8, 4) is 11.3 Å². The second-order valence-electron chi connectivity index (χ2n) is 5.39. The van der Waals surface area contributed by atoms with Crippen molar-refractivity contribution < 1.29 is 4.79 Å². The first-order valence-corrected chi connectivity index (χ1v) is 8.21. The lowest BCUT2D eigenvalue weighted by Gasteiger charge is -2.01. The fourth-order valence-electron chi connectivity index (χ4n) is 2.34. The number of H-pyrrole nitrogens is 1. The van der Waals surface area contributed by atoms with Crippen LogP contribution in [-0.2, 0) is 0 Å². The van der Waals surface area contributed by atoms with Crippen molar-refractivity contribution in [2.75, 3.05) is 5.32 Å². The number of hydrogen-bond donors (Lipinski definition) is 2. The van der Waals surface area contributed by atoms with Gasteiger partial charge in [0.25, 0.3) is 5.91 Å². The third-order valence-electron chi connectivity index (χ3n) is 3.65. The minimum atomic E-state index is -0.218. The lowest BCUT2D eigenvalue weighted by molar-refractivity contribution is 0.102. The number of nitrogens with one attached hydrogen (secondary N) is 2. The summed E-state index contributed by atoms with van der Waals surface area (Å²) in [7, 11) is 0. The van der Waals surface area contributed by atoms with Crippen molar-refractivity contribution >= 4 is 33.4 Å². The van der Waals surface area contributed by atoms with Crippen molar-refractivity contribution in [2.45, 2.75) is 6.92 Å². The van der Waals surface area contributed by atoms with Crippen LogP contribution < -0.4 is 5.32 Å². The maximum Gasteiger partial charge on any atom is 0.257 e. The number of nitrogens with zero attached hydrogens (tertiary/aromatic N) is 3. The zero-order valence-electron chi connectivity index (χ0n) is 12.8. The summed E-state index contributed by atoms with van der Waals surface area (Å²) in [5.41, 5.74) is 4.97. The Bertz CT molecular complexity index is 1020. The second-order valence-corrected chi connectivity index (χ2v) is 6.24. The van der Waals surface area contributed by atoms with Crippen molar-refractivity contribution in [3.05, 3.63) is 59.0 Å². The predicted molar refractivity (Wildman–Crippen MR) is 94.1 cm³/mol. The molecule has 7 heteroatoms. The van der Waals surface area contributed by atoms with Gasteiger partial charge in [0, 0.05) is 16.5 Å². The highest BCUT2D eigenvalue weighted by Crippen LogP contribution is 2.25. The fourth-order valence-corrected chi connectivity index (χ4v) is 3.05. The summed E-state index contributed by atoms with van der Waals surface area (Å²) < 4.78 is 0. The Morgan fingerprint density at radius 3 is 2.71 bits per heavy atom. The van der Waals surface area contributed by atoms with E-state index in [0.29, 0.717) is 16.2 Å². The molecule has 2 aromatic heterocycles. The normalized spacial score (nSPS) is 10.9. The van der Waals surface area contributed by atoms with Crippen LogP contribution in [0.2, 0.25) is 0 Å². The standard InChI is InChI=1S/C17H13N5OS/c1-10-2-4-11(5-3-10)15-9-24-17(18-15)19-16(23)12-6-7-13-14(8-12)21-22-20-13/h2-9H,1H3,(H,18,19,23)(H,20,21,22). The van der Waals surface area contributed by atoms with E-state index in [0.717, 1.165) is 16.8 Å². The molecule has 2 N–H and O–H groups in total. The third kappa shape index (κ3) is 2.77. The molecule has 0 radical (unpaired) electrons. The van der Waals surface area contributed by atoms with Crippen molar-refractivity contribution in [1.29, 1.82) is 0 Å². The number of aryl methyl sites for hydroxylation is 1. The molecule has 0 fully saturated rings. The SMILES string of the molecule is Cc1ccc(-c2csc(NC(=O)c3ccc4n[nH]nc4c3)n2)cc1. The molecule has 0 aliphatic carbocycles. The molecule has 24 heavy (non-hydrogen) atoms. The summed E-state index contributed by atoms with van der Waals surface area (Å²) in [6.45, 7) is 2.04. The molecule has 0 atom stereocenters. The van der Waals surface area contributed by atoms with Crippen molar-refractivity contribution in [3.63, 3.8) is 0 Å². The van der Waals surface area contributed by atoms with E-state index in [2.05, 4.69) is 25.7 Å². The van der Waals surface area contributed by atoms with Gasteiger partial charge in [0.2, 0.25) is 0 Å². The van der Waals surface area contributed by atoms with Gasteiger partial charge in [-0.15, -0.1) is 11.3 Å². The Balaban J connectivity index is 1.54. The monoisotopic (exact) mass is 335 g/mol. The van der Waals surface area contributed by atoms with Gasteiger partial charge < -0.3 is 0 Å². The van der Waals surface area contributed by atoms with Crippen LogP contribution in [-0.4, -0.2) is 26.3 Å². The number of benzene rings is 2. The van der Waals surface area contributed by atoms with E-state index in [1.807, 2.05) is 36.6 Å². The highest BCUT2D eigenvalue weighted by Gasteiger charge is 2.11. The summed E-state index contributed by atoms with van der Waals surface area (Å²) >= 11 is 1.40. The Hall–Kier alpha value is -3.06. The van der Waals surface area contributed by atoms with Crippen LogP contribution in [0.5, 0.6) is 0 Å². The molecule has 4 aromatic rings. The number of aromatic amines is 1. The Morgan fingerprint density at radius 1 is 1.08 bits per heavy atom. The maximum absolute atomic E-state index is 12.4. The number of rotatable bonds is 3. The Kier molecular flexibility index (Phi) is 3.55. The summed E-state index contributed by atoms with van der Waals surface area (Å²) in [5, 5.41) is 15.8. The molecular weight excluding hydrogens is 322 g/mol. The van der Waals surface area contributed by atoms with Crippen molar-refractivity contribution in [2.24, 2.45) is 0 Å². The Labute approximate surface area is 141 Å². The Morgan fingerprint density at radius 2 is 1.88 bits per heavy atom. The lowest BCUT2D eigenvalue weighted by Crippen LogP contribution is -2.11. The molecule has 0 saturated carbocycles. The molecule has 0 unspecified atom stereocenters. The van der Waals surface area contributed by atoms with Gasteiger partial charge in [0.1, 0.15) is 11.0 Å². The highest BCUT2D eigenvalue weighted by molar-refractivity contribution is 7.14. The van der Waals surface area contributed by atoms with E-state index in [1.54, 1.807) is 18.2 Å². The zero-order chi connectivity index (χ0) is 16.5. The van der Waals surface area contributed by atoms with Crippen LogP contribution in [0.25, 0.3) is 22.3 Å². The van der Waals surface area contributed by atoms with Gasteiger partial charge in [-0.05, 0) is 25.1 Å². The van der Waals surface area contributed by atoms with E-state index in [4.69, 9.17) is 0 Å². The van der Waals surface area contributed by atoms with Gasteiger partial charge in [-0.2, -0.15) is 15.4 Å². The largest absolute Gasteiger partial charge is 0.298 e. The second kappa shape index (κ2) is 5.86. The zero-order valence-corrected chi connectivity index (χ0v) is 13.6. The molecule has 0 spiro atoms. The van der Waals surface area contributed by atoms with Crippen LogP contribution in [0.3, 0.4) is 0 Å². The fraction of sp³-hybridized carbons (Fsp3) is 0.0588. The smallest absolute Gasteiger partial charge is 0.257 e. The molecule has 118 valence electrons. The van der Waals surface area contributed by atoms with Gasteiger partial charge in [0.05, 0.1) is 5.69 Å². The first-order valence-electron chi connectivity index (χ1n) is 7.33. The summed E-state index contributed by atoms with van der Waals surface area (Å²) in [5.74, 6) is -0.218. The minimum Gasteiger partial charge on any atom is -0.298 e. The van der Waals surface area contributed by atoms with Crippen LogP contribution in [0, 0.1) is 6.92 Å². The minimum absolute atomic E-state index is 0.218. The van der Waals surface area contributed by atoms with Gasteiger partial charge in [0.15, 0.2) is 5.13 Å². The van der Waals surface area contributed by atoms with E-state index >= 15 is 0 Å². The van der Waals surface area contributed by atoms with Crippen molar-refractivity contribution in [1.82, 2.24) is 20.4 Å². The van der Waals surface area contributed by atoms with Gasteiger partial charge in [-0.3, -0.25) is 10.1 Å². The molecule has 0 aliphatic heterocycles. The molecule has 4 rings (SSSR count). The van der Waals surface area contributed by atoms with Crippen LogP contribution in [0.4, 0.5) is 5.13 Å². The molecule has 2 aromatic carbocycles. The molecule has 0 aliphatic rings. The maximum atomic E-state index is 12.4. The van der Waals surface area contributed by atoms with Gasteiger partial charge in [-0.1, -0.05) is 29.8 Å². The molecule has 6 nitrogen and oxygen atoms in total. The van der Waals surface area contributed by atoms with E-state index in [1.165, 1.54) is 16.9 Å². The molecule has 1 amide bonds. The number of thiazole rings is 1. The summed E-state index contributed by atoms with van der Waals surface area (Å²) in [4.78, 5) is 16.8. The quantitative estimate of drug-likeness (QED) is 0.599. The summed E-state index contributed by atoms with van der Waals surface area (Å²) in [6, 6.07) is 13.3. The summed E-state index contributed by atoms with van der Waals surface area (Å²) in [6.07, 6.45) is 0. The molecule has 0 bridgehead atoms. The number of hydrogen-bond acceptors (Lipinski definition) is 5. The van der Waals surface area contributed by atoms with Crippen LogP contribution >= 0.6 is 11.3 Å². The first kappa shape index (κ1) is 14.5. The third-order valence-corrected chi connectivity index (χ3v) is 4.41. The van der Waals surface area contributed by atoms with Crippen LogP contribution in [0.1, 0.15) is 15.9 Å². The number of aromatic nitrogens is 4. The number of fused-ring (bicyclic) bond motifs is 1. The first-order chi connectivity index (χ1) is 11.7.